The zero-order chi connectivity index (χ0) is 19.6. The number of amides is 1. The molecule has 0 radical (unpaired) electrons. The maximum Gasteiger partial charge on any atom is 0.259 e. The predicted molar refractivity (Wildman–Crippen MR) is 108 cm³/mol. The van der Waals surface area contributed by atoms with Gasteiger partial charge in [0.1, 0.15) is 11.3 Å². The molecule has 0 aliphatic carbocycles. The number of carbonyl (C=O) groups excluding carboxylic acids is 1. The molecule has 2 aromatic carbocycles. The van der Waals surface area contributed by atoms with E-state index in [1.165, 1.54) is 6.20 Å². The highest BCUT2D eigenvalue weighted by molar-refractivity contribution is 5.97. The second-order valence-electron chi connectivity index (χ2n) is 6.67. The standard InChI is InChI=1S/C21H23N3O3/c1-23(2)15-7-5-14(6-8-15)13-24(3)21(26)18-12-22-19-11-16(27-4)9-10-17(19)20(18)25/h5-12H,13H2,1-4H3,(H,22,25). The SMILES string of the molecule is COc1ccc2c(=O)c(C(=O)N(C)Cc3ccc(N(C)C)cc3)c[nH]c2c1. The summed E-state index contributed by atoms with van der Waals surface area (Å²) in [5, 5.41) is 0.463. The Labute approximate surface area is 158 Å². The van der Waals surface area contributed by atoms with Gasteiger partial charge >= 0.3 is 0 Å². The van der Waals surface area contributed by atoms with Gasteiger partial charge in [-0.1, -0.05) is 12.1 Å². The van der Waals surface area contributed by atoms with Crippen molar-refractivity contribution >= 4 is 22.5 Å². The molecule has 3 aromatic rings. The summed E-state index contributed by atoms with van der Waals surface area (Å²) in [6.07, 6.45) is 1.47. The minimum Gasteiger partial charge on any atom is -0.497 e. The lowest BCUT2D eigenvalue weighted by molar-refractivity contribution is 0.0783. The molecular formula is C21H23N3O3. The van der Waals surface area contributed by atoms with Crippen LogP contribution >= 0.6 is 0 Å². The number of benzene rings is 2. The maximum absolute atomic E-state index is 12.8. The van der Waals surface area contributed by atoms with E-state index in [9.17, 15) is 9.59 Å². The molecule has 0 saturated heterocycles. The van der Waals surface area contributed by atoms with Crippen LogP contribution in [0.2, 0.25) is 0 Å². The van der Waals surface area contributed by atoms with Crippen molar-refractivity contribution in [3.8, 4) is 5.75 Å². The van der Waals surface area contributed by atoms with E-state index < -0.39 is 0 Å². The zero-order valence-corrected chi connectivity index (χ0v) is 15.9. The minimum atomic E-state index is -0.314. The number of hydrogen-bond acceptors (Lipinski definition) is 4. The summed E-state index contributed by atoms with van der Waals surface area (Å²) in [5.41, 5.74) is 2.57. The number of rotatable bonds is 5. The first-order valence-electron chi connectivity index (χ1n) is 8.62. The highest BCUT2D eigenvalue weighted by Gasteiger charge is 2.17. The fourth-order valence-corrected chi connectivity index (χ4v) is 2.94. The molecule has 0 spiro atoms. The van der Waals surface area contributed by atoms with Crippen molar-refractivity contribution in [1.29, 1.82) is 0 Å². The van der Waals surface area contributed by atoms with Crippen LogP contribution in [0.1, 0.15) is 15.9 Å². The van der Waals surface area contributed by atoms with Crippen LogP contribution < -0.4 is 15.1 Å². The van der Waals surface area contributed by atoms with Gasteiger partial charge in [0.15, 0.2) is 0 Å². The second-order valence-corrected chi connectivity index (χ2v) is 6.67. The first-order chi connectivity index (χ1) is 12.9. The molecule has 27 heavy (non-hydrogen) atoms. The molecule has 0 aliphatic rings. The van der Waals surface area contributed by atoms with Crippen molar-refractivity contribution in [2.45, 2.75) is 6.54 Å². The van der Waals surface area contributed by atoms with Gasteiger partial charge in [0.05, 0.1) is 12.6 Å². The summed E-state index contributed by atoms with van der Waals surface area (Å²) < 4.78 is 5.17. The molecule has 6 nitrogen and oxygen atoms in total. The van der Waals surface area contributed by atoms with Gasteiger partial charge in [0.2, 0.25) is 5.43 Å². The van der Waals surface area contributed by atoms with Gasteiger partial charge in [-0.15, -0.1) is 0 Å². The smallest absolute Gasteiger partial charge is 0.259 e. The van der Waals surface area contributed by atoms with E-state index in [-0.39, 0.29) is 16.9 Å². The van der Waals surface area contributed by atoms with Crippen LogP contribution in [0.5, 0.6) is 5.75 Å². The van der Waals surface area contributed by atoms with E-state index in [0.29, 0.717) is 23.2 Å². The quantitative estimate of drug-likeness (QED) is 0.755. The van der Waals surface area contributed by atoms with E-state index in [1.807, 2.05) is 43.3 Å². The largest absolute Gasteiger partial charge is 0.497 e. The van der Waals surface area contributed by atoms with Crippen molar-refractivity contribution in [3.05, 3.63) is 70.0 Å². The number of carbonyl (C=O) groups is 1. The molecule has 0 aliphatic heterocycles. The lowest BCUT2D eigenvalue weighted by Gasteiger charge is -2.18. The van der Waals surface area contributed by atoms with Crippen LogP contribution in [0.25, 0.3) is 10.9 Å². The molecule has 0 atom stereocenters. The Hall–Kier alpha value is -3.28. The normalized spacial score (nSPS) is 10.7. The van der Waals surface area contributed by atoms with Gasteiger partial charge in [-0.2, -0.15) is 0 Å². The molecule has 1 N–H and O–H groups in total. The van der Waals surface area contributed by atoms with Gasteiger partial charge in [-0.05, 0) is 29.8 Å². The van der Waals surface area contributed by atoms with Crippen LogP contribution in [0.15, 0.2) is 53.5 Å². The van der Waals surface area contributed by atoms with Gasteiger partial charge in [0, 0.05) is 51.0 Å². The number of aromatic amines is 1. The zero-order valence-electron chi connectivity index (χ0n) is 15.9. The molecule has 140 valence electrons. The number of nitrogens with zero attached hydrogens (tertiary/aromatic N) is 2. The fourth-order valence-electron chi connectivity index (χ4n) is 2.94. The number of aromatic nitrogens is 1. The van der Waals surface area contributed by atoms with E-state index >= 15 is 0 Å². The number of pyridine rings is 1. The van der Waals surface area contributed by atoms with E-state index in [2.05, 4.69) is 4.98 Å². The number of H-pyrrole nitrogens is 1. The van der Waals surface area contributed by atoms with Gasteiger partial charge in [-0.25, -0.2) is 0 Å². The average molecular weight is 365 g/mol. The molecule has 0 fully saturated rings. The lowest BCUT2D eigenvalue weighted by Crippen LogP contribution is -2.30. The average Bonchev–Trinajstić information content (AvgIpc) is 2.67. The minimum absolute atomic E-state index is 0.125. The Balaban J connectivity index is 1.84. The van der Waals surface area contributed by atoms with Crippen LogP contribution in [-0.4, -0.2) is 44.0 Å². The van der Waals surface area contributed by atoms with E-state index in [0.717, 1.165) is 11.3 Å². The van der Waals surface area contributed by atoms with E-state index in [1.54, 1.807) is 37.3 Å². The topological polar surface area (TPSA) is 65.6 Å². The summed E-state index contributed by atoms with van der Waals surface area (Å²) in [7, 11) is 7.22. The van der Waals surface area contributed by atoms with E-state index in [4.69, 9.17) is 4.74 Å². The first kappa shape index (κ1) is 18.5. The van der Waals surface area contributed by atoms with Crippen LogP contribution in [0, 0.1) is 0 Å². The van der Waals surface area contributed by atoms with Crippen molar-refractivity contribution in [3.63, 3.8) is 0 Å². The number of fused-ring (bicyclic) bond motifs is 1. The molecule has 0 saturated carbocycles. The summed E-state index contributed by atoms with van der Waals surface area (Å²) in [6, 6.07) is 13.1. The monoisotopic (exact) mass is 365 g/mol. The number of methoxy groups -OCH3 is 1. The molecule has 0 bridgehead atoms. The molecular weight excluding hydrogens is 342 g/mol. The Morgan fingerprint density at radius 2 is 1.78 bits per heavy atom. The molecule has 0 unspecified atom stereocenters. The first-order valence-corrected chi connectivity index (χ1v) is 8.62. The summed E-state index contributed by atoms with van der Waals surface area (Å²) in [4.78, 5) is 32.1. The second kappa shape index (κ2) is 7.53. The van der Waals surface area contributed by atoms with Crippen LogP contribution in [0.3, 0.4) is 0 Å². The summed E-state index contributed by atoms with van der Waals surface area (Å²) >= 11 is 0. The molecule has 1 heterocycles. The lowest BCUT2D eigenvalue weighted by atomic mass is 10.1. The maximum atomic E-state index is 12.8. The molecule has 1 aromatic heterocycles. The fraction of sp³-hybridized carbons (Fsp3) is 0.238. The Morgan fingerprint density at radius 3 is 2.41 bits per heavy atom. The Bertz CT molecular complexity index is 1020. The van der Waals surface area contributed by atoms with Crippen molar-refractivity contribution < 1.29 is 9.53 Å². The number of nitrogens with one attached hydrogen (secondary N) is 1. The number of anilines is 1. The van der Waals surface area contributed by atoms with Crippen molar-refractivity contribution in [2.24, 2.45) is 0 Å². The third kappa shape index (κ3) is 3.79. The molecule has 1 amide bonds. The highest BCUT2D eigenvalue weighted by Crippen LogP contribution is 2.18. The van der Waals surface area contributed by atoms with Crippen molar-refractivity contribution in [2.75, 3.05) is 33.2 Å². The third-order valence-electron chi connectivity index (χ3n) is 4.54. The molecule has 6 heteroatoms. The predicted octanol–water partition coefficient (Wildman–Crippen LogP) is 2.87. The van der Waals surface area contributed by atoms with Gasteiger partial charge in [-0.3, -0.25) is 9.59 Å². The summed E-state index contributed by atoms with van der Waals surface area (Å²) in [5.74, 6) is 0.334. The molecule has 3 rings (SSSR count). The van der Waals surface area contributed by atoms with Gasteiger partial charge < -0.3 is 19.5 Å². The van der Waals surface area contributed by atoms with Crippen molar-refractivity contribution in [1.82, 2.24) is 9.88 Å². The van der Waals surface area contributed by atoms with Crippen LogP contribution in [-0.2, 0) is 6.54 Å². The third-order valence-corrected chi connectivity index (χ3v) is 4.54. The Kier molecular flexibility index (Phi) is 5.16. The summed E-state index contributed by atoms with van der Waals surface area (Å²) in [6.45, 7) is 0.423. The van der Waals surface area contributed by atoms with Crippen LogP contribution in [0.4, 0.5) is 5.69 Å². The van der Waals surface area contributed by atoms with Gasteiger partial charge in [0.25, 0.3) is 5.91 Å². The Morgan fingerprint density at radius 1 is 1.07 bits per heavy atom. The number of hydrogen-bond donors (Lipinski definition) is 1. The highest BCUT2D eigenvalue weighted by atomic mass is 16.5. The number of ether oxygens (including phenoxy) is 1.